The van der Waals surface area contributed by atoms with Gasteiger partial charge in [-0.25, -0.2) is 0 Å². The van der Waals surface area contributed by atoms with Crippen LogP contribution in [0.4, 0.5) is 0 Å². The minimum Gasteiger partial charge on any atom is -0.389 e. The van der Waals surface area contributed by atoms with Crippen LogP contribution in [0.1, 0.15) is 12.0 Å². The maximum Gasteiger partial charge on any atom is 0.169 e. The number of oxime groups is 1. The maximum atomic E-state index is 11.9. The van der Waals surface area contributed by atoms with Gasteiger partial charge in [0.2, 0.25) is 0 Å². The topological polar surface area (TPSA) is 58.9 Å². The summed E-state index contributed by atoms with van der Waals surface area (Å²) >= 11 is 12.2. The molecule has 3 atom stereocenters. The lowest BCUT2D eigenvalue weighted by molar-refractivity contribution is -0.119. The molecule has 18 heavy (non-hydrogen) atoms. The van der Waals surface area contributed by atoms with Gasteiger partial charge in [-0.15, -0.1) is 0 Å². The molecule has 0 aromatic heterocycles. The van der Waals surface area contributed by atoms with Gasteiger partial charge < -0.3 is 9.94 Å². The molecule has 94 valence electrons. The van der Waals surface area contributed by atoms with Gasteiger partial charge in [0.25, 0.3) is 0 Å². The Morgan fingerprint density at radius 2 is 2.00 bits per heavy atom. The van der Waals surface area contributed by atoms with Crippen molar-refractivity contribution in [2.24, 2.45) is 11.1 Å². The normalized spacial score (nSPS) is 30.1. The monoisotopic (exact) mass is 285 g/mol. The summed E-state index contributed by atoms with van der Waals surface area (Å²) in [4.78, 5) is 17.0. The summed E-state index contributed by atoms with van der Waals surface area (Å²) < 4.78 is 0. The Kier molecular flexibility index (Phi) is 2.81. The third-order valence-electron chi connectivity index (χ3n) is 3.25. The van der Waals surface area contributed by atoms with Crippen molar-refractivity contribution in [3.05, 3.63) is 33.8 Å². The smallest absolute Gasteiger partial charge is 0.169 e. The highest BCUT2D eigenvalue weighted by Crippen LogP contribution is 2.37. The van der Waals surface area contributed by atoms with E-state index in [0.717, 1.165) is 0 Å². The number of rotatable bonds is 1. The van der Waals surface area contributed by atoms with Gasteiger partial charge in [0, 0.05) is 12.0 Å². The Hall–Kier alpha value is -1.10. The summed E-state index contributed by atoms with van der Waals surface area (Å²) in [5.41, 5.74) is 0.924. The first-order chi connectivity index (χ1) is 8.59. The molecule has 6 heteroatoms. The summed E-state index contributed by atoms with van der Waals surface area (Å²) in [5, 5.41) is 14.4. The zero-order valence-electron chi connectivity index (χ0n) is 9.14. The van der Waals surface area contributed by atoms with Gasteiger partial charge in [0.15, 0.2) is 6.10 Å². The van der Waals surface area contributed by atoms with Crippen LogP contribution in [0, 0.1) is 5.92 Å². The number of carbonyl (C=O) groups is 1. The van der Waals surface area contributed by atoms with E-state index >= 15 is 0 Å². The van der Waals surface area contributed by atoms with Gasteiger partial charge >= 0.3 is 0 Å². The van der Waals surface area contributed by atoms with Crippen molar-refractivity contribution >= 4 is 34.7 Å². The fraction of sp³-hybridized carbons (Fsp3) is 0.333. The van der Waals surface area contributed by atoms with Gasteiger partial charge in [0.05, 0.1) is 10.0 Å². The Balaban J connectivity index is 2.06. The van der Waals surface area contributed by atoms with Crippen LogP contribution in [-0.2, 0) is 9.63 Å². The Morgan fingerprint density at radius 3 is 2.67 bits per heavy atom. The molecule has 1 aromatic carbocycles. The third kappa shape index (κ3) is 1.64. The molecule has 3 rings (SSSR count). The lowest BCUT2D eigenvalue weighted by atomic mass is 9.93. The van der Waals surface area contributed by atoms with E-state index in [9.17, 15) is 9.90 Å². The minimum absolute atomic E-state index is 0.0798. The molecular formula is C12H9Cl2NO3. The van der Waals surface area contributed by atoms with E-state index in [1.54, 1.807) is 18.2 Å². The summed E-state index contributed by atoms with van der Waals surface area (Å²) in [6.45, 7) is 0. The highest BCUT2D eigenvalue weighted by molar-refractivity contribution is 6.41. The summed E-state index contributed by atoms with van der Waals surface area (Å²) in [7, 11) is 0. The van der Waals surface area contributed by atoms with Crippen LogP contribution < -0.4 is 0 Å². The van der Waals surface area contributed by atoms with Gasteiger partial charge in [0.1, 0.15) is 23.5 Å². The van der Waals surface area contributed by atoms with Crippen molar-refractivity contribution in [3.63, 3.8) is 0 Å². The van der Waals surface area contributed by atoms with Crippen molar-refractivity contribution < 1.29 is 14.7 Å². The second-order valence-corrected chi connectivity index (χ2v) is 5.17. The Labute approximate surface area is 113 Å². The fourth-order valence-electron chi connectivity index (χ4n) is 2.41. The molecule has 1 aliphatic heterocycles. The van der Waals surface area contributed by atoms with Crippen molar-refractivity contribution in [2.45, 2.75) is 18.6 Å². The SMILES string of the molecule is O=C1C[C@@H](O)[C@H]2ON=C(c3c(Cl)cccc3Cl)[C@@H]12. The molecule has 4 nitrogen and oxygen atoms in total. The molecule has 1 aliphatic carbocycles. The predicted molar refractivity (Wildman–Crippen MR) is 67.0 cm³/mol. The van der Waals surface area contributed by atoms with Crippen molar-refractivity contribution in [1.29, 1.82) is 0 Å². The maximum absolute atomic E-state index is 11.9. The van der Waals surface area contributed by atoms with Gasteiger partial charge in [-0.2, -0.15) is 0 Å². The number of hydrogen-bond acceptors (Lipinski definition) is 4. The van der Waals surface area contributed by atoms with Crippen LogP contribution in [-0.4, -0.2) is 28.8 Å². The number of hydrogen-bond donors (Lipinski definition) is 1. The van der Waals surface area contributed by atoms with E-state index in [4.69, 9.17) is 28.0 Å². The minimum atomic E-state index is -0.815. The number of Topliss-reactive ketones (excluding diaryl/α,β-unsaturated/α-hetero) is 1. The number of carbonyl (C=O) groups excluding carboxylic acids is 1. The number of aliphatic hydroxyl groups is 1. The molecular weight excluding hydrogens is 277 g/mol. The number of ketones is 1. The second kappa shape index (κ2) is 4.23. The zero-order valence-corrected chi connectivity index (χ0v) is 10.6. The number of benzene rings is 1. The number of nitrogens with zero attached hydrogens (tertiary/aromatic N) is 1. The number of fused-ring (bicyclic) bond motifs is 1. The molecule has 0 spiro atoms. The van der Waals surface area contributed by atoms with Crippen LogP contribution >= 0.6 is 23.2 Å². The number of aliphatic hydroxyl groups excluding tert-OH is 1. The molecule has 0 radical (unpaired) electrons. The molecule has 1 heterocycles. The highest BCUT2D eigenvalue weighted by atomic mass is 35.5. The molecule has 0 amide bonds. The van der Waals surface area contributed by atoms with Crippen LogP contribution in [0.3, 0.4) is 0 Å². The molecule has 0 unspecified atom stereocenters. The van der Waals surface area contributed by atoms with E-state index in [0.29, 0.717) is 21.3 Å². The van der Waals surface area contributed by atoms with E-state index in [1.807, 2.05) is 0 Å². The molecule has 1 aromatic rings. The lowest BCUT2D eigenvalue weighted by Gasteiger charge is -2.11. The highest BCUT2D eigenvalue weighted by Gasteiger charge is 2.51. The Bertz CT molecular complexity index is 538. The van der Waals surface area contributed by atoms with Crippen LogP contribution in [0.25, 0.3) is 0 Å². The number of halogens is 2. The van der Waals surface area contributed by atoms with Crippen molar-refractivity contribution in [3.8, 4) is 0 Å². The largest absolute Gasteiger partial charge is 0.389 e. The van der Waals surface area contributed by atoms with E-state index < -0.39 is 18.1 Å². The quantitative estimate of drug-likeness (QED) is 0.859. The summed E-state index contributed by atoms with van der Waals surface area (Å²) in [6.07, 6.45) is -1.35. The molecule has 0 saturated heterocycles. The summed E-state index contributed by atoms with van der Waals surface area (Å²) in [5.74, 6) is -0.669. The third-order valence-corrected chi connectivity index (χ3v) is 3.88. The summed E-state index contributed by atoms with van der Waals surface area (Å²) in [6, 6.07) is 5.07. The molecule has 1 saturated carbocycles. The van der Waals surface area contributed by atoms with E-state index in [1.165, 1.54) is 0 Å². The molecule has 2 aliphatic rings. The van der Waals surface area contributed by atoms with Crippen LogP contribution in [0.5, 0.6) is 0 Å². The Morgan fingerprint density at radius 1 is 1.33 bits per heavy atom. The second-order valence-electron chi connectivity index (χ2n) is 4.36. The average Bonchev–Trinajstić information content (AvgIpc) is 2.83. The van der Waals surface area contributed by atoms with Crippen LogP contribution in [0.15, 0.2) is 23.4 Å². The first-order valence-electron chi connectivity index (χ1n) is 5.48. The van der Waals surface area contributed by atoms with Gasteiger partial charge in [-0.3, -0.25) is 4.79 Å². The first-order valence-corrected chi connectivity index (χ1v) is 6.24. The first kappa shape index (κ1) is 12.0. The standard InChI is InChI=1S/C12H9Cl2NO3/c13-5-2-1-3-6(14)9(5)11-10-7(16)4-8(17)12(10)18-15-11/h1-3,8,10,12,17H,4H2/t8-,10-,12-/m1/s1. The average molecular weight is 286 g/mol. The zero-order chi connectivity index (χ0) is 12.9. The van der Waals surface area contributed by atoms with E-state index in [-0.39, 0.29) is 12.2 Å². The molecule has 1 fully saturated rings. The fourth-order valence-corrected chi connectivity index (χ4v) is 3.00. The predicted octanol–water partition coefficient (Wildman–Crippen LogP) is 2.05. The van der Waals surface area contributed by atoms with Crippen molar-refractivity contribution in [1.82, 2.24) is 0 Å². The lowest BCUT2D eigenvalue weighted by Crippen LogP contribution is -2.28. The molecule has 1 N–H and O–H groups in total. The van der Waals surface area contributed by atoms with Crippen molar-refractivity contribution in [2.75, 3.05) is 0 Å². The van der Waals surface area contributed by atoms with Gasteiger partial charge in [-0.1, -0.05) is 34.4 Å². The molecule has 0 bridgehead atoms. The van der Waals surface area contributed by atoms with Crippen LogP contribution in [0.2, 0.25) is 10.0 Å². The van der Waals surface area contributed by atoms with Gasteiger partial charge in [-0.05, 0) is 12.1 Å². The van der Waals surface area contributed by atoms with E-state index in [2.05, 4.69) is 5.16 Å².